The molecule has 0 aromatic heterocycles. The summed E-state index contributed by atoms with van der Waals surface area (Å²) in [4.78, 5) is 0. The molecule has 0 saturated heterocycles. The number of hydrogen-bond donors (Lipinski definition) is 2. The Kier molecular flexibility index (Phi) is 5.57. The molecule has 0 fully saturated rings. The minimum Gasteiger partial charge on any atom is -0.393 e. The Bertz CT molecular complexity index is 114. The first-order valence-electron chi connectivity index (χ1n) is 5.24. The Morgan fingerprint density at radius 2 is 1.54 bits per heavy atom. The molecule has 0 radical (unpaired) electrons. The van der Waals surface area contributed by atoms with E-state index >= 15 is 0 Å². The van der Waals surface area contributed by atoms with Crippen molar-refractivity contribution in [2.45, 2.75) is 65.1 Å². The first-order chi connectivity index (χ1) is 5.83. The van der Waals surface area contributed by atoms with Crippen LogP contribution in [-0.2, 0) is 0 Å². The van der Waals surface area contributed by atoms with Crippen molar-refractivity contribution < 1.29 is 10.2 Å². The van der Waals surface area contributed by atoms with E-state index < -0.39 is 5.60 Å². The van der Waals surface area contributed by atoms with Crippen LogP contribution in [0.2, 0.25) is 0 Å². The van der Waals surface area contributed by atoms with E-state index in [2.05, 4.69) is 13.8 Å². The van der Waals surface area contributed by atoms with Gasteiger partial charge in [-0.2, -0.15) is 0 Å². The second-order valence-electron chi connectivity index (χ2n) is 4.82. The molecule has 0 aromatic carbocycles. The molecule has 2 nitrogen and oxygen atoms in total. The van der Waals surface area contributed by atoms with Crippen LogP contribution >= 0.6 is 0 Å². The van der Waals surface area contributed by atoms with E-state index in [0.717, 1.165) is 12.8 Å². The molecule has 0 aliphatic carbocycles. The monoisotopic (exact) mass is 188 g/mol. The Labute approximate surface area is 82.0 Å². The highest BCUT2D eigenvalue weighted by atomic mass is 16.3. The fourth-order valence-corrected chi connectivity index (χ4v) is 1.24. The van der Waals surface area contributed by atoms with Crippen molar-refractivity contribution in [3.63, 3.8) is 0 Å². The molecule has 2 N–H and O–H groups in total. The molecule has 0 aliphatic rings. The van der Waals surface area contributed by atoms with Gasteiger partial charge in [0.2, 0.25) is 0 Å². The van der Waals surface area contributed by atoms with E-state index in [0.29, 0.717) is 18.8 Å². The standard InChI is InChI=1S/C11H24O2/c1-9(2)5-7-11(4,13)8-6-10(3)12/h9-10,12-13H,5-8H2,1-4H3/t10-,11+/m1/s1. The lowest BCUT2D eigenvalue weighted by atomic mass is 9.90. The van der Waals surface area contributed by atoms with Gasteiger partial charge in [0.1, 0.15) is 0 Å². The predicted molar refractivity (Wildman–Crippen MR) is 55.6 cm³/mol. The average Bonchev–Trinajstić information content (AvgIpc) is 1.98. The van der Waals surface area contributed by atoms with E-state index in [4.69, 9.17) is 5.11 Å². The van der Waals surface area contributed by atoms with Gasteiger partial charge in [-0.05, 0) is 45.4 Å². The van der Waals surface area contributed by atoms with Crippen molar-refractivity contribution >= 4 is 0 Å². The van der Waals surface area contributed by atoms with Gasteiger partial charge in [-0.25, -0.2) is 0 Å². The summed E-state index contributed by atoms with van der Waals surface area (Å²) in [5.74, 6) is 0.637. The van der Waals surface area contributed by atoms with E-state index in [1.165, 1.54) is 0 Å². The normalized spacial score (nSPS) is 18.7. The molecule has 0 amide bonds. The zero-order valence-electron chi connectivity index (χ0n) is 9.38. The lowest BCUT2D eigenvalue weighted by Crippen LogP contribution is -2.26. The van der Waals surface area contributed by atoms with Crippen LogP contribution in [-0.4, -0.2) is 21.9 Å². The number of hydrogen-bond acceptors (Lipinski definition) is 2. The third-order valence-electron chi connectivity index (χ3n) is 2.36. The Morgan fingerprint density at radius 3 is 1.92 bits per heavy atom. The summed E-state index contributed by atoms with van der Waals surface area (Å²) in [6, 6.07) is 0. The van der Waals surface area contributed by atoms with Gasteiger partial charge in [0.25, 0.3) is 0 Å². The van der Waals surface area contributed by atoms with Crippen LogP contribution in [0, 0.1) is 5.92 Å². The van der Waals surface area contributed by atoms with E-state index in [-0.39, 0.29) is 6.10 Å². The van der Waals surface area contributed by atoms with E-state index in [1.54, 1.807) is 6.92 Å². The molecule has 2 heteroatoms. The molecule has 0 spiro atoms. The Morgan fingerprint density at radius 1 is 1.08 bits per heavy atom. The number of aliphatic hydroxyl groups is 2. The van der Waals surface area contributed by atoms with Gasteiger partial charge >= 0.3 is 0 Å². The van der Waals surface area contributed by atoms with Crippen LogP contribution in [0.4, 0.5) is 0 Å². The zero-order chi connectivity index (χ0) is 10.5. The molecule has 13 heavy (non-hydrogen) atoms. The van der Waals surface area contributed by atoms with Crippen molar-refractivity contribution in [1.29, 1.82) is 0 Å². The molecule has 0 aliphatic heterocycles. The summed E-state index contributed by atoms with van der Waals surface area (Å²) in [5.41, 5.74) is -0.596. The first-order valence-corrected chi connectivity index (χ1v) is 5.24. The largest absolute Gasteiger partial charge is 0.393 e. The van der Waals surface area contributed by atoms with Gasteiger partial charge in [-0.1, -0.05) is 13.8 Å². The third kappa shape index (κ3) is 8.26. The summed E-state index contributed by atoms with van der Waals surface area (Å²) in [5, 5.41) is 19.0. The quantitative estimate of drug-likeness (QED) is 0.671. The number of aliphatic hydroxyl groups excluding tert-OH is 1. The van der Waals surface area contributed by atoms with Gasteiger partial charge in [0.05, 0.1) is 11.7 Å². The molecule has 0 aromatic rings. The van der Waals surface area contributed by atoms with Gasteiger partial charge in [0.15, 0.2) is 0 Å². The average molecular weight is 188 g/mol. The van der Waals surface area contributed by atoms with Gasteiger partial charge in [-0.3, -0.25) is 0 Å². The van der Waals surface area contributed by atoms with Crippen molar-refractivity contribution in [1.82, 2.24) is 0 Å². The van der Waals surface area contributed by atoms with Crippen molar-refractivity contribution in [3.8, 4) is 0 Å². The molecule has 0 bridgehead atoms. The molecular weight excluding hydrogens is 164 g/mol. The van der Waals surface area contributed by atoms with Crippen LogP contribution in [0.25, 0.3) is 0 Å². The highest BCUT2D eigenvalue weighted by Gasteiger charge is 2.20. The third-order valence-corrected chi connectivity index (χ3v) is 2.36. The molecule has 2 atom stereocenters. The molecular formula is C11H24O2. The second kappa shape index (κ2) is 5.61. The predicted octanol–water partition coefficient (Wildman–Crippen LogP) is 2.33. The molecule has 0 saturated carbocycles. The van der Waals surface area contributed by atoms with Gasteiger partial charge in [0, 0.05) is 0 Å². The molecule has 0 unspecified atom stereocenters. The summed E-state index contributed by atoms with van der Waals surface area (Å²) in [6.07, 6.45) is 2.96. The molecule has 0 heterocycles. The van der Waals surface area contributed by atoms with Crippen molar-refractivity contribution in [3.05, 3.63) is 0 Å². The number of rotatable bonds is 6. The van der Waals surface area contributed by atoms with Crippen LogP contribution in [0.3, 0.4) is 0 Å². The van der Waals surface area contributed by atoms with Crippen LogP contribution < -0.4 is 0 Å². The van der Waals surface area contributed by atoms with Crippen molar-refractivity contribution in [2.75, 3.05) is 0 Å². The summed E-state index contributed by atoms with van der Waals surface area (Å²) in [7, 11) is 0. The molecule has 0 rings (SSSR count). The van der Waals surface area contributed by atoms with E-state index in [1.807, 2.05) is 6.92 Å². The first kappa shape index (κ1) is 12.9. The lowest BCUT2D eigenvalue weighted by molar-refractivity contribution is 0.0224. The van der Waals surface area contributed by atoms with Crippen LogP contribution in [0.5, 0.6) is 0 Å². The van der Waals surface area contributed by atoms with Crippen LogP contribution in [0.1, 0.15) is 53.4 Å². The van der Waals surface area contributed by atoms with Gasteiger partial charge < -0.3 is 10.2 Å². The minimum atomic E-state index is -0.596. The maximum Gasteiger partial charge on any atom is 0.0620 e. The van der Waals surface area contributed by atoms with E-state index in [9.17, 15) is 5.11 Å². The SMILES string of the molecule is CC(C)CC[C@](C)(O)CC[C@@H](C)O. The fraction of sp³-hybridized carbons (Fsp3) is 1.00. The lowest BCUT2D eigenvalue weighted by Gasteiger charge is -2.24. The maximum atomic E-state index is 9.90. The zero-order valence-corrected chi connectivity index (χ0v) is 9.38. The smallest absolute Gasteiger partial charge is 0.0620 e. The summed E-state index contributed by atoms with van der Waals surface area (Å²) in [6.45, 7) is 7.94. The maximum absolute atomic E-state index is 9.90. The fourth-order valence-electron chi connectivity index (χ4n) is 1.24. The molecule has 80 valence electrons. The highest BCUT2D eigenvalue weighted by molar-refractivity contribution is 4.73. The minimum absolute atomic E-state index is 0.300. The van der Waals surface area contributed by atoms with Gasteiger partial charge in [-0.15, -0.1) is 0 Å². The highest BCUT2D eigenvalue weighted by Crippen LogP contribution is 2.21. The van der Waals surface area contributed by atoms with Crippen molar-refractivity contribution in [2.24, 2.45) is 5.92 Å². The Balaban J connectivity index is 3.66. The summed E-state index contributed by atoms with van der Waals surface area (Å²) < 4.78 is 0. The second-order valence-corrected chi connectivity index (χ2v) is 4.82. The Hall–Kier alpha value is -0.0800. The van der Waals surface area contributed by atoms with Crippen LogP contribution in [0.15, 0.2) is 0 Å². The topological polar surface area (TPSA) is 40.5 Å². The summed E-state index contributed by atoms with van der Waals surface area (Å²) >= 11 is 0.